The van der Waals surface area contributed by atoms with Gasteiger partial charge in [0, 0.05) is 48.8 Å². The van der Waals surface area contributed by atoms with Gasteiger partial charge in [-0.15, -0.1) is 6.58 Å². The molecule has 2 saturated carbocycles. The number of pyridine rings is 1. The molecule has 4 heterocycles. The minimum absolute atomic E-state index is 0.235. The van der Waals surface area contributed by atoms with Crippen molar-refractivity contribution >= 4 is 28.4 Å². The van der Waals surface area contributed by atoms with Gasteiger partial charge in [0.15, 0.2) is 11.5 Å². The van der Waals surface area contributed by atoms with E-state index in [2.05, 4.69) is 55.9 Å². The van der Waals surface area contributed by atoms with Crippen LogP contribution in [-0.2, 0) is 12.1 Å². The Morgan fingerprint density at radius 3 is 2.59 bits per heavy atom. The Balaban J connectivity index is 1.17. The Morgan fingerprint density at radius 2 is 1.90 bits per heavy atom. The van der Waals surface area contributed by atoms with E-state index >= 15 is 0 Å². The highest BCUT2D eigenvalue weighted by molar-refractivity contribution is 5.77. The minimum Gasteiger partial charge on any atom is -0.384 e. The van der Waals surface area contributed by atoms with Crippen LogP contribution in [-0.4, -0.2) is 65.5 Å². The molecular formula is C31H36N8O2. The fourth-order valence-electron chi connectivity index (χ4n) is 6.13. The summed E-state index contributed by atoms with van der Waals surface area (Å²) in [6.45, 7) is 10.8. The van der Waals surface area contributed by atoms with Crippen molar-refractivity contribution in [3.63, 3.8) is 0 Å². The predicted octanol–water partition coefficient (Wildman–Crippen LogP) is 3.95. The van der Waals surface area contributed by atoms with Crippen molar-refractivity contribution in [1.29, 1.82) is 0 Å². The molecule has 2 N–H and O–H groups in total. The molecule has 212 valence electrons. The number of benzene rings is 1. The molecule has 10 nitrogen and oxygen atoms in total. The number of nitrogens with zero attached hydrogens (tertiary/aromatic N) is 7. The molecule has 4 aromatic rings. The van der Waals surface area contributed by atoms with Crippen LogP contribution in [0.15, 0.2) is 66.1 Å². The molecule has 0 atom stereocenters. The summed E-state index contributed by atoms with van der Waals surface area (Å²) in [5.74, 6) is 0.853. The van der Waals surface area contributed by atoms with E-state index in [0.29, 0.717) is 34.0 Å². The average molecular weight is 553 g/mol. The van der Waals surface area contributed by atoms with E-state index in [1.807, 2.05) is 6.07 Å². The van der Waals surface area contributed by atoms with Gasteiger partial charge in [0.05, 0.1) is 12.2 Å². The number of aliphatic hydroxyl groups is 1. The van der Waals surface area contributed by atoms with E-state index in [-0.39, 0.29) is 12.1 Å². The smallest absolute Gasteiger partial charge is 0.278 e. The second-order valence-electron chi connectivity index (χ2n) is 12.1. The molecule has 1 spiro atoms. The van der Waals surface area contributed by atoms with Crippen LogP contribution in [0.2, 0.25) is 0 Å². The summed E-state index contributed by atoms with van der Waals surface area (Å²) >= 11 is 0. The maximum atomic E-state index is 13.3. The second kappa shape index (κ2) is 9.53. The molecule has 3 aliphatic rings. The van der Waals surface area contributed by atoms with Crippen molar-refractivity contribution in [2.75, 3.05) is 29.9 Å². The number of fused-ring (bicyclic) bond motifs is 1. The third kappa shape index (κ3) is 4.70. The quantitative estimate of drug-likeness (QED) is 0.317. The van der Waals surface area contributed by atoms with Crippen LogP contribution in [0.4, 0.5) is 17.3 Å². The Bertz CT molecular complexity index is 1680. The van der Waals surface area contributed by atoms with Gasteiger partial charge in [-0.3, -0.25) is 9.69 Å². The van der Waals surface area contributed by atoms with Gasteiger partial charge in [0.25, 0.3) is 5.56 Å². The van der Waals surface area contributed by atoms with E-state index < -0.39 is 5.60 Å². The first-order chi connectivity index (χ1) is 19.8. The second-order valence-corrected chi connectivity index (χ2v) is 12.1. The number of piperazine rings is 1. The fourth-order valence-corrected chi connectivity index (χ4v) is 6.13. The lowest BCUT2D eigenvalue weighted by molar-refractivity contribution is 0.0738. The first kappa shape index (κ1) is 25.9. The van der Waals surface area contributed by atoms with Gasteiger partial charge in [-0.05, 0) is 75.9 Å². The number of aromatic nitrogens is 5. The van der Waals surface area contributed by atoms with E-state index in [1.54, 1.807) is 42.9 Å². The van der Waals surface area contributed by atoms with Gasteiger partial charge in [-0.1, -0.05) is 12.1 Å². The number of hydrogen-bond donors (Lipinski definition) is 2. The van der Waals surface area contributed by atoms with Gasteiger partial charge in [0.1, 0.15) is 11.0 Å². The molecule has 3 fully saturated rings. The topological polar surface area (TPSA) is 104 Å². The molecule has 0 radical (unpaired) electrons. The van der Waals surface area contributed by atoms with Gasteiger partial charge in [-0.2, -0.15) is 4.98 Å². The van der Waals surface area contributed by atoms with Crippen molar-refractivity contribution < 1.29 is 5.11 Å². The monoisotopic (exact) mass is 552 g/mol. The fraction of sp³-hybridized carbons (Fsp3) is 0.419. The summed E-state index contributed by atoms with van der Waals surface area (Å²) in [5.41, 5.74) is 2.05. The van der Waals surface area contributed by atoms with Gasteiger partial charge in [0.2, 0.25) is 5.95 Å². The molecule has 0 unspecified atom stereocenters. The third-order valence-corrected chi connectivity index (χ3v) is 8.56. The molecular weight excluding hydrogens is 516 g/mol. The maximum Gasteiger partial charge on any atom is 0.278 e. The molecule has 3 aromatic heterocycles. The Labute approximate surface area is 238 Å². The summed E-state index contributed by atoms with van der Waals surface area (Å²) in [7, 11) is 0. The first-order valence-electron chi connectivity index (χ1n) is 14.4. The lowest BCUT2D eigenvalue weighted by atomic mass is 10.1. The van der Waals surface area contributed by atoms with Gasteiger partial charge < -0.3 is 15.3 Å². The summed E-state index contributed by atoms with van der Waals surface area (Å²) in [6.07, 6.45) is 8.57. The van der Waals surface area contributed by atoms with Crippen molar-refractivity contribution in [3.05, 3.63) is 77.4 Å². The van der Waals surface area contributed by atoms with Crippen LogP contribution in [0.5, 0.6) is 0 Å². The number of allylic oxidation sites excluding steroid dienone is 1. The average Bonchev–Trinajstić information content (AvgIpc) is 3.90. The molecule has 7 rings (SSSR count). The van der Waals surface area contributed by atoms with Gasteiger partial charge in [-0.25, -0.2) is 19.3 Å². The SMILES string of the molecule is C=CCn1c(=O)c2cnc(Nc3ccc(N4CCN(C5CC5)C5(CC5)C4)cc3)nc2n1-c1cccc(C(C)(C)O)n1. The van der Waals surface area contributed by atoms with Crippen molar-refractivity contribution in [2.45, 2.75) is 63.3 Å². The van der Waals surface area contributed by atoms with Crippen LogP contribution >= 0.6 is 0 Å². The van der Waals surface area contributed by atoms with Crippen LogP contribution in [0.1, 0.15) is 45.2 Å². The third-order valence-electron chi connectivity index (χ3n) is 8.56. The summed E-state index contributed by atoms with van der Waals surface area (Å²) in [5, 5.41) is 14.2. The number of nitrogens with one attached hydrogen (secondary N) is 1. The lowest BCUT2D eigenvalue weighted by Crippen LogP contribution is -2.55. The zero-order valence-electron chi connectivity index (χ0n) is 23.6. The van der Waals surface area contributed by atoms with Gasteiger partial charge >= 0.3 is 0 Å². The van der Waals surface area contributed by atoms with Crippen LogP contribution in [0, 0.1) is 0 Å². The zero-order chi connectivity index (χ0) is 28.4. The molecule has 10 heteroatoms. The molecule has 1 saturated heterocycles. The summed E-state index contributed by atoms with van der Waals surface area (Å²) < 4.78 is 3.19. The number of rotatable bonds is 8. The molecule has 2 aliphatic carbocycles. The van der Waals surface area contributed by atoms with Crippen molar-refractivity contribution in [1.82, 2.24) is 29.2 Å². The van der Waals surface area contributed by atoms with Crippen molar-refractivity contribution in [3.8, 4) is 5.82 Å². The van der Waals surface area contributed by atoms with E-state index in [1.165, 1.54) is 36.1 Å². The van der Waals surface area contributed by atoms with E-state index in [0.717, 1.165) is 31.4 Å². The molecule has 41 heavy (non-hydrogen) atoms. The summed E-state index contributed by atoms with van der Waals surface area (Å²) in [6, 6.07) is 14.6. The van der Waals surface area contributed by atoms with E-state index in [4.69, 9.17) is 4.98 Å². The van der Waals surface area contributed by atoms with Crippen LogP contribution in [0.25, 0.3) is 16.9 Å². The maximum absolute atomic E-state index is 13.3. The largest absolute Gasteiger partial charge is 0.384 e. The Morgan fingerprint density at radius 1 is 1.12 bits per heavy atom. The zero-order valence-corrected chi connectivity index (χ0v) is 23.6. The number of anilines is 3. The first-order valence-corrected chi connectivity index (χ1v) is 14.4. The lowest BCUT2D eigenvalue weighted by Gasteiger charge is -2.43. The Kier molecular flexibility index (Phi) is 6.02. The molecule has 0 amide bonds. The minimum atomic E-state index is -1.14. The highest BCUT2D eigenvalue weighted by Crippen LogP contribution is 2.49. The highest BCUT2D eigenvalue weighted by atomic mass is 16.3. The molecule has 1 aliphatic heterocycles. The number of hydrogen-bond acceptors (Lipinski definition) is 8. The van der Waals surface area contributed by atoms with Crippen molar-refractivity contribution in [2.24, 2.45) is 0 Å². The summed E-state index contributed by atoms with van der Waals surface area (Å²) in [4.78, 5) is 32.4. The highest BCUT2D eigenvalue weighted by Gasteiger charge is 2.55. The normalized spacial score (nSPS) is 18.7. The molecule has 1 aromatic carbocycles. The Hall–Kier alpha value is -4.02. The predicted molar refractivity (Wildman–Crippen MR) is 160 cm³/mol. The van der Waals surface area contributed by atoms with E-state index in [9.17, 15) is 9.90 Å². The van der Waals surface area contributed by atoms with Crippen LogP contribution in [0.3, 0.4) is 0 Å². The molecule has 0 bridgehead atoms. The van der Waals surface area contributed by atoms with Crippen LogP contribution < -0.4 is 15.8 Å². The standard InChI is InChI=1S/C31H36N8O2/c1-4-16-38-28(40)24-19-32-29(35-27(24)39(38)26-7-5-6-25(34-26)30(2,3)41)33-21-8-10-22(11-9-21)36-17-18-37(23-12-13-23)31(20-36)14-15-31/h4-11,19,23,41H,1,12-18,20H2,2-3H3,(H,32,33,35).